The first-order valence-corrected chi connectivity index (χ1v) is 5.42. The summed E-state index contributed by atoms with van der Waals surface area (Å²) in [5.41, 5.74) is 6.85. The van der Waals surface area contributed by atoms with Gasteiger partial charge in [-0.25, -0.2) is 0 Å². The Labute approximate surface area is 99.8 Å². The first kappa shape index (κ1) is 13.3. The molecule has 1 aromatic carbocycles. The monoisotopic (exact) mass is 236 g/mol. The second kappa shape index (κ2) is 5.54. The average Bonchev–Trinajstić information content (AvgIpc) is 2.27. The fourth-order valence-electron chi connectivity index (χ4n) is 1.54. The molecule has 0 radical (unpaired) electrons. The number of hydrogen-bond acceptors (Lipinski definition) is 4. The summed E-state index contributed by atoms with van der Waals surface area (Å²) in [7, 11) is 0. The van der Waals surface area contributed by atoms with Crippen LogP contribution < -0.4 is 5.73 Å². The summed E-state index contributed by atoms with van der Waals surface area (Å²) in [6.45, 7) is 3.77. The number of hydrogen-bond donors (Lipinski definition) is 1. The molecule has 17 heavy (non-hydrogen) atoms. The minimum absolute atomic E-state index is 0.0563. The van der Waals surface area contributed by atoms with Gasteiger partial charge in [-0.05, 0) is 18.6 Å². The second-order valence-corrected chi connectivity index (χ2v) is 4.16. The summed E-state index contributed by atoms with van der Waals surface area (Å²) < 4.78 is 0. The highest BCUT2D eigenvalue weighted by Gasteiger charge is 2.14. The average molecular weight is 236 g/mol. The van der Waals surface area contributed by atoms with E-state index in [1.807, 2.05) is 0 Å². The third-order valence-corrected chi connectivity index (χ3v) is 2.74. The summed E-state index contributed by atoms with van der Waals surface area (Å²) in [6.07, 6.45) is 0.275. The van der Waals surface area contributed by atoms with Crippen LogP contribution in [-0.4, -0.2) is 17.3 Å². The van der Waals surface area contributed by atoms with Crippen LogP contribution in [0, 0.1) is 23.0 Å². The molecule has 1 rings (SSSR count). The minimum atomic E-state index is -0.427. The van der Waals surface area contributed by atoms with Crippen LogP contribution in [-0.2, 0) is 11.2 Å². The van der Waals surface area contributed by atoms with Crippen molar-refractivity contribution < 1.29 is 9.72 Å². The molecular formula is C12H16N2O3. The van der Waals surface area contributed by atoms with Crippen LogP contribution in [0.3, 0.4) is 0 Å². The Morgan fingerprint density at radius 1 is 1.53 bits per heavy atom. The predicted molar refractivity (Wildman–Crippen MR) is 64.8 cm³/mol. The molecule has 5 heteroatoms. The molecule has 0 aliphatic rings. The number of benzene rings is 1. The normalized spacial score (nSPS) is 12.2. The second-order valence-electron chi connectivity index (χ2n) is 4.16. The van der Waals surface area contributed by atoms with Gasteiger partial charge in [-0.1, -0.05) is 13.0 Å². The molecule has 0 bridgehead atoms. The highest BCUT2D eigenvalue weighted by Crippen LogP contribution is 2.19. The van der Waals surface area contributed by atoms with Crippen LogP contribution in [0.5, 0.6) is 0 Å². The van der Waals surface area contributed by atoms with Gasteiger partial charge in [0.05, 0.1) is 4.92 Å². The number of aryl methyl sites for hydroxylation is 1. The molecule has 92 valence electrons. The van der Waals surface area contributed by atoms with Gasteiger partial charge in [-0.2, -0.15) is 0 Å². The maximum Gasteiger partial charge on any atom is 0.272 e. The number of nitro groups is 1. The van der Waals surface area contributed by atoms with Crippen LogP contribution in [0.2, 0.25) is 0 Å². The highest BCUT2D eigenvalue weighted by atomic mass is 16.6. The van der Waals surface area contributed by atoms with Crippen molar-refractivity contribution >= 4 is 11.5 Å². The molecule has 0 aliphatic heterocycles. The number of nitrogens with zero attached hydrogens (tertiary/aromatic N) is 1. The number of ketones is 1. The Hall–Kier alpha value is -1.75. The summed E-state index contributed by atoms with van der Waals surface area (Å²) in [6, 6.07) is 4.73. The number of rotatable bonds is 5. The van der Waals surface area contributed by atoms with Crippen LogP contribution in [0.25, 0.3) is 0 Å². The molecule has 5 nitrogen and oxygen atoms in total. The van der Waals surface area contributed by atoms with Gasteiger partial charge in [0.1, 0.15) is 5.78 Å². The van der Waals surface area contributed by atoms with Crippen molar-refractivity contribution in [2.75, 3.05) is 6.54 Å². The largest absolute Gasteiger partial charge is 0.330 e. The number of carbonyl (C=O) groups is 1. The molecule has 0 spiro atoms. The maximum absolute atomic E-state index is 11.7. The van der Waals surface area contributed by atoms with Crippen molar-refractivity contribution in [2.24, 2.45) is 11.7 Å². The SMILES string of the molecule is Cc1cc(CC(=O)C(C)CN)ccc1[N+](=O)[O-]. The Morgan fingerprint density at radius 3 is 2.65 bits per heavy atom. The molecule has 1 aromatic rings. The Morgan fingerprint density at radius 2 is 2.18 bits per heavy atom. The zero-order valence-electron chi connectivity index (χ0n) is 9.97. The van der Waals surface area contributed by atoms with E-state index in [1.165, 1.54) is 6.07 Å². The number of nitro benzene ring substituents is 1. The van der Waals surface area contributed by atoms with Crippen LogP contribution >= 0.6 is 0 Å². The molecule has 0 saturated carbocycles. The van der Waals surface area contributed by atoms with E-state index < -0.39 is 4.92 Å². The van der Waals surface area contributed by atoms with E-state index in [2.05, 4.69) is 0 Å². The van der Waals surface area contributed by atoms with Crippen molar-refractivity contribution in [2.45, 2.75) is 20.3 Å². The van der Waals surface area contributed by atoms with Crippen LogP contribution in [0.1, 0.15) is 18.1 Å². The fraction of sp³-hybridized carbons (Fsp3) is 0.417. The number of nitrogens with two attached hydrogens (primary N) is 1. The molecule has 0 aliphatic carbocycles. The van der Waals surface area contributed by atoms with Gasteiger partial charge in [0, 0.05) is 30.5 Å². The Kier molecular flexibility index (Phi) is 4.34. The van der Waals surface area contributed by atoms with Crippen molar-refractivity contribution in [3.63, 3.8) is 0 Å². The first-order chi connectivity index (χ1) is 7.95. The molecule has 0 saturated heterocycles. The van der Waals surface area contributed by atoms with Crippen molar-refractivity contribution in [3.8, 4) is 0 Å². The topological polar surface area (TPSA) is 86.2 Å². The van der Waals surface area contributed by atoms with Crippen molar-refractivity contribution in [3.05, 3.63) is 39.4 Å². The Balaban J connectivity index is 2.84. The smallest absolute Gasteiger partial charge is 0.272 e. The fourth-order valence-corrected chi connectivity index (χ4v) is 1.54. The van der Waals surface area contributed by atoms with E-state index in [0.717, 1.165) is 5.56 Å². The molecule has 0 fully saturated rings. The third-order valence-electron chi connectivity index (χ3n) is 2.74. The van der Waals surface area contributed by atoms with Gasteiger partial charge in [0.2, 0.25) is 0 Å². The molecule has 1 unspecified atom stereocenters. The van der Waals surface area contributed by atoms with Gasteiger partial charge >= 0.3 is 0 Å². The van der Waals surface area contributed by atoms with E-state index >= 15 is 0 Å². The van der Waals surface area contributed by atoms with E-state index in [1.54, 1.807) is 26.0 Å². The molecule has 0 amide bonds. The van der Waals surface area contributed by atoms with E-state index in [-0.39, 0.29) is 23.8 Å². The Bertz CT molecular complexity index is 443. The maximum atomic E-state index is 11.7. The number of carbonyl (C=O) groups excluding carboxylic acids is 1. The quantitative estimate of drug-likeness (QED) is 0.621. The van der Waals surface area contributed by atoms with Gasteiger partial charge < -0.3 is 5.73 Å². The van der Waals surface area contributed by atoms with E-state index in [0.29, 0.717) is 12.1 Å². The summed E-state index contributed by atoms with van der Waals surface area (Å²) in [5, 5.41) is 10.6. The lowest BCUT2D eigenvalue weighted by Gasteiger charge is -2.07. The molecule has 0 aromatic heterocycles. The van der Waals surface area contributed by atoms with Crippen molar-refractivity contribution in [1.29, 1.82) is 0 Å². The zero-order chi connectivity index (χ0) is 13.0. The van der Waals surface area contributed by atoms with Gasteiger partial charge in [0.25, 0.3) is 5.69 Å². The standard InChI is InChI=1S/C12H16N2O3/c1-8-5-10(3-4-11(8)14(16)17)6-12(15)9(2)7-13/h3-5,9H,6-7,13H2,1-2H3. The number of Topliss-reactive ketones (excluding diaryl/α,β-unsaturated/α-hetero) is 1. The molecule has 0 heterocycles. The first-order valence-electron chi connectivity index (χ1n) is 5.42. The zero-order valence-corrected chi connectivity index (χ0v) is 9.97. The van der Waals surface area contributed by atoms with Crippen molar-refractivity contribution in [1.82, 2.24) is 0 Å². The van der Waals surface area contributed by atoms with Gasteiger partial charge in [-0.15, -0.1) is 0 Å². The van der Waals surface area contributed by atoms with E-state index in [4.69, 9.17) is 5.73 Å². The van der Waals surface area contributed by atoms with Gasteiger partial charge in [-0.3, -0.25) is 14.9 Å². The van der Waals surface area contributed by atoms with Gasteiger partial charge in [0.15, 0.2) is 0 Å². The van der Waals surface area contributed by atoms with Crippen LogP contribution in [0.4, 0.5) is 5.69 Å². The lowest BCUT2D eigenvalue weighted by molar-refractivity contribution is -0.385. The lowest BCUT2D eigenvalue weighted by Crippen LogP contribution is -2.22. The predicted octanol–water partition coefficient (Wildman–Crippen LogP) is 1.61. The molecule has 1 atom stereocenters. The highest BCUT2D eigenvalue weighted by molar-refractivity contribution is 5.83. The summed E-state index contributed by atoms with van der Waals surface area (Å²) >= 11 is 0. The van der Waals surface area contributed by atoms with Crippen LogP contribution in [0.15, 0.2) is 18.2 Å². The molecule has 2 N–H and O–H groups in total. The lowest BCUT2D eigenvalue weighted by atomic mass is 9.98. The summed E-state index contributed by atoms with van der Waals surface area (Å²) in [4.78, 5) is 21.9. The molecular weight excluding hydrogens is 220 g/mol. The third kappa shape index (κ3) is 3.35. The minimum Gasteiger partial charge on any atom is -0.330 e. The summed E-state index contributed by atoms with van der Waals surface area (Å²) in [5.74, 6) is -0.119. The van der Waals surface area contributed by atoms with E-state index in [9.17, 15) is 14.9 Å².